The molecule has 0 unspecified atom stereocenters. The van der Waals surface area contributed by atoms with E-state index in [-0.39, 0.29) is 5.75 Å². The predicted molar refractivity (Wildman–Crippen MR) is 77.0 cm³/mol. The summed E-state index contributed by atoms with van der Waals surface area (Å²) in [7, 11) is -3.36. The molecule has 0 aliphatic heterocycles. The number of unbranched alkanes of at least 4 members (excludes halogenated alkanes) is 1. The standard InChI is InChI=1S/C11H16ClN3O3S/c12-7-1-2-8-19(17,18)15-10-5-3-9(4-6-10)14-11(13)16/h3-6,15H,1-2,7-8H2,(H3,13,14,16). The Morgan fingerprint density at radius 3 is 2.26 bits per heavy atom. The third-order valence-electron chi connectivity index (χ3n) is 2.22. The lowest BCUT2D eigenvalue weighted by molar-refractivity contribution is 0.259. The van der Waals surface area contributed by atoms with E-state index in [1.807, 2.05) is 0 Å². The molecule has 0 bridgehead atoms. The van der Waals surface area contributed by atoms with E-state index >= 15 is 0 Å². The summed E-state index contributed by atoms with van der Waals surface area (Å²) >= 11 is 5.49. The lowest BCUT2D eigenvalue weighted by Gasteiger charge is -2.08. The maximum atomic E-state index is 11.7. The zero-order valence-electron chi connectivity index (χ0n) is 10.2. The van der Waals surface area contributed by atoms with Crippen molar-refractivity contribution < 1.29 is 13.2 Å². The van der Waals surface area contributed by atoms with Crippen molar-refractivity contribution in [3.63, 3.8) is 0 Å². The van der Waals surface area contributed by atoms with Crippen LogP contribution in [-0.4, -0.2) is 26.1 Å². The molecule has 0 saturated heterocycles. The molecule has 1 rings (SSSR count). The van der Waals surface area contributed by atoms with Gasteiger partial charge in [-0.25, -0.2) is 13.2 Å². The van der Waals surface area contributed by atoms with Crippen molar-refractivity contribution in [3.8, 4) is 0 Å². The van der Waals surface area contributed by atoms with Gasteiger partial charge in [-0.3, -0.25) is 4.72 Å². The van der Waals surface area contributed by atoms with Crippen LogP contribution in [0.5, 0.6) is 0 Å². The van der Waals surface area contributed by atoms with E-state index in [2.05, 4.69) is 10.0 Å². The van der Waals surface area contributed by atoms with Gasteiger partial charge in [-0.2, -0.15) is 0 Å². The van der Waals surface area contributed by atoms with E-state index in [9.17, 15) is 13.2 Å². The Bertz CT molecular complexity index is 516. The van der Waals surface area contributed by atoms with Gasteiger partial charge < -0.3 is 11.1 Å². The first-order chi connectivity index (χ1) is 8.93. The van der Waals surface area contributed by atoms with Crippen LogP contribution in [0.15, 0.2) is 24.3 Å². The number of sulfonamides is 1. The number of carbonyl (C=O) groups is 1. The lowest BCUT2D eigenvalue weighted by atomic mass is 10.3. The molecule has 2 amide bonds. The molecule has 0 aliphatic rings. The minimum atomic E-state index is -3.36. The quantitative estimate of drug-likeness (QED) is 0.530. The Balaban J connectivity index is 2.59. The van der Waals surface area contributed by atoms with Crippen LogP contribution in [0, 0.1) is 0 Å². The van der Waals surface area contributed by atoms with Crippen molar-refractivity contribution in [2.45, 2.75) is 12.8 Å². The van der Waals surface area contributed by atoms with Crippen molar-refractivity contribution in [1.29, 1.82) is 0 Å². The highest BCUT2D eigenvalue weighted by molar-refractivity contribution is 7.92. The first-order valence-electron chi connectivity index (χ1n) is 5.66. The van der Waals surface area contributed by atoms with E-state index in [0.717, 1.165) is 0 Å². The zero-order chi connectivity index (χ0) is 14.3. The Morgan fingerprint density at radius 2 is 1.74 bits per heavy atom. The fraction of sp³-hybridized carbons (Fsp3) is 0.364. The van der Waals surface area contributed by atoms with Gasteiger partial charge >= 0.3 is 6.03 Å². The van der Waals surface area contributed by atoms with Gasteiger partial charge in [0.2, 0.25) is 10.0 Å². The van der Waals surface area contributed by atoms with Crippen LogP contribution in [0.1, 0.15) is 12.8 Å². The van der Waals surface area contributed by atoms with Crippen LogP contribution >= 0.6 is 11.6 Å². The number of rotatable bonds is 7. The molecule has 8 heteroatoms. The summed E-state index contributed by atoms with van der Waals surface area (Å²) in [5.74, 6) is 0.476. The third kappa shape index (κ3) is 6.30. The number of alkyl halides is 1. The number of carbonyl (C=O) groups excluding carboxylic acids is 1. The predicted octanol–water partition coefficient (Wildman–Crippen LogP) is 1.94. The molecular formula is C11H16ClN3O3S. The minimum absolute atomic E-state index is 0.0288. The normalized spacial score (nSPS) is 11.0. The van der Waals surface area contributed by atoms with Gasteiger partial charge in [0.25, 0.3) is 0 Å². The Labute approximate surface area is 117 Å². The van der Waals surface area contributed by atoms with Gasteiger partial charge in [0.05, 0.1) is 5.75 Å². The molecule has 0 aliphatic carbocycles. The molecule has 0 aromatic heterocycles. The summed E-state index contributed by atoms with van der Waals surface area (Å²) in [6.45, 7) is 0. The van der Waals surface area contributed by atoms with Crippen molar-refractivity contribution in [3.05, 3.63) is 24.3 Å². The molecule has 1 aromatic carbocycles. The summed E-state index contributed by atoms with van der Waals surface area (Å²) in [5.41, 5.74) is 5.89. The summed E-state index contributed by atoms with van der Waals surface area (Å²) < 4.78 is 25.8. The van der Waals surface area contributed by atoms with Crippen molar-refractivity contribution in [2.75, 3.05) is 21.7 Å². The fourth-order valence-electron chi connectivity index (χ4n) is 1.38. The van der Waals surface area contributed by atoms with Crippen molar-refractivity contribution >= 4 is 39.0 Å². The summed E-state index contributed by atoms with van der Waals surface area (Å²) in [5, 5.41) is 2.38. The molecule has 106 valence electrons. The van der Waals surface area contributed by atoms with E-state index in [1.54, 1.807) is 24.3 Å². The second-order valence-electron chi connectivity index (χ2n) is 3.88. The Hall–Kier alpha value is -1.47. The molecule has 0 heterocycles. The van der Waals surface area contributed by atoms with Crippen LogP contribution in [0.25, 0.3) is 0 Å². The topological polar surface area (TPSA) is 101 Å². The number of nitrogens with one attached hydrogen (secondary N) is 2. The van der Waals surface area contributed by atoms with Gasteiger partial charge in [-0.1, -0.05) is 0 Å². The highest BCUT2D eigenvalue weighted by atomic mass is 35.5. The summed E-state index contributed by atoms with van der Waals surface area (Å²) in [4.78, 5) is 10.6. The van der Waals surface area contributed by atoms with Crippen molar-refractivity contribution in [1.82, 2.24) is 0 Å². The smallest absolute Gasteiger partial charge is 0.316 e. The molecule has 0 fully saturated rings. The van der Waals surface area contributed by atoms with Crippen LogP contribution in [-0.2, 0) is 10.0 Å². The van der Waals surface area contributed by atoms with E-state index < -0.39 is 16.1 Å². The second kappa shape index (κ2) is 7.20. The first-order valence-corrected chi connectivity index (χ1v) is 7.84. The number of primary amides is 1. The monoisotopic (exact) mass is 305 g/mol. The number of nitrogens with two attached hydrogens (primary N) is 1. The lowest BCUT2D eigenvalue weighted by Crippen LogP contribution is -2.19. The minimum Gasteiger partial charge on any atom is -0.351 e. The van der Waals surface area contributed by atoms with Crippen LogP contribution < -0.4 is 15.8 Å². The second-order valence-corrected chi connectivity index (χ2v) is 6.10. The number of hydrogen-bond acceptors (Lipinski definition) is 3. The molecule has 0 spiro atoms. The average Bonchev–Trinajstić information content (AvgIpc) is 2.31. The molecule has 6 nitrogen and oxygen atoms in total. The van der Waals surface area contributed by atoms with Gasteiger partial charge in [0.15, 0.2) is 0 Å². The molecule has 0 saturated carbocycles. The highest BCUT2D eigenvalue weighted by Gasteiger charge is 2.09. The van der Waals surface area contributed by atoms with Gasteiger partial charge in [-0.05, 0) is 37.1 Å². The Kier molecular flexibility index (Phi) is 5.91. The Morgan fingerprint density at radius 1 is 1.16 bits per heavy atom. The third-order valence-corrected chi connectivity index (χ3v) is 3.86. The molecular weight excluding hydrogens is 290 g/mol. The maximum absolute atomic E-state index is 11.7. The largest absolute Gasteiger partial charge is 0.351 e. The number of urea groups is 1. The molecule has 19 heavy (non-hydrogen) atoms. The number of halogens is 1. The SMILES string of the molecule is NC(=O)Nc1ccc(NS(=O)(=O)CCCCCl)cc1. The highest BCUT2D eigenvalue weighted by Crippen LogP contribution is 2.15. The van der Waals surface area contributed by atoms with E-state index in [0.29, 0.717) is 30.1 Å². The molecule has 0 radical (unpaired) electrons. The van der Waals surface area contributed by atoms with E-state index in [4.69, 9.17) is 17.3 Å². The maximum Gasteiger partial charge on any atom is 0.316 e. The van der Waals surface area contributed by atoms with Crippen LogP contribution in [0.2, 0.25) is 0 Å². The van der Waals surface area contributed by atoms with Gasteiger partial charge in [0, 0.05) is 17.3 Å². The van der Waals surface area contributed by atoms with Gasteiger partial charge in [0.1, 0.15) is 0 Å². The molecule has 1 aromatic rings. The zero-order valence-corrected chi connectivity index (χ0v) is 11.8. The summed E-state index contributed by atoms with van der Waals surface area (Å²) in [6, 6.07) is 5.53. The van der Waals surface area contributed by atoms with Gasteiger partial charge in [-0.15, -0.1) is 11.6 Å². The number of amides is 2. The first kappa shape index (κ1) is 15.6. The number of anilines is 2. The fourth-order valence-corrected chi connectivity index (χ4v) is 2.75. The molecule has 4 N–H and O–H groups in total. The number of hydrogen-bond donors (Lipinski definition) is 3. The average molecular weight is 306 g/mol. The van der Waals surface area contributed by atoms with Crippen LogP contribution in [0.4, 0.5) is 16.2 Å². The summed E-state index contributed by atoms with van der Waals surface area (Å²) in [6.07, 6.45) is 1.17. The van der Waals surface area contributed by atoms with Crippen LogP contribution in [0.3, 0.4) is 0 Å². The molecule has 0 atom stereocenters. The number of benzene rings is 1. The van der Waals surface area contributed by atoms with E-state index in [1.165, 1.54) is 0 Å². The van der Waals surface area contributed by atoms with Crippen molar-refractivity contribution in [2.24, 2.45) is 5.73 Å².